The molecule has 0 spiro atoms. The van der Waals surface area contributed by atoms with E-state index in [0.29, 0.717) is 18.0 Å². The van der Waals surface area contributed by atoms with Crippen molar-refractivity contribution in [1.82, 2.24) is 4.57 Å². The summed E-state index contributed by atoms with van der Waals surface area (Å²) in [7, 11) is 1.48. The number of hydrogen-bond acceptors (Lipinski definition) is 2. The zero-order valence-corrected chi connectivity index (χ0v) is 12.4. The Kier molecular flexibility index (Phi) is 3.50. The Balaban J connectivity index is 2.15. The number of halogens is 2. The first-order valence-corrected chi connectivity index (χ1v) is 9.00. The Morgan fingerprint density at radius 1 is 1.30 bits per heavy atom. The van der Waals surface area contributed by atoms with E-state index < -0.39 is 14.9 Å². The van der Waals surface area contributed by atoms with Crippen LogP contribution in [0.25, 0.3) is 10.9 Å². The summed E-state index contributed by atoms with van der Waals surface area (Å²) in [6.45, 7) is 0.715. The van der Waals surface area contributed by atoms with Crippen LogP contribution >= 0.6 is 10.7 Å². The van der Waals surface area contributed by atoms with Crippen LogP contribution in [0.1, 0.15) is 25.7 Å². The summed E-state index contributed by atoms with van der Waals surface area (Å²) in [4.78, 5) is -0.134. The van der Waals surface area contributed by atoms with Crippen molar-refractivity contribution in [3.05, 3.63) is 30.2 Å². The predicted molar refractivity (Wildman–Crippen MR) is 76.9 cm³/mol. The fourth-order valence-corrected chi connectivity index (χ4v) is 4.13. The van der Waals surface area contributed by atoms with Crippen LogP contribution in [-0.2, 0) is 15.6 Å². The van der Waals surface area contributed by atoms with Crippen molar-refractivity contribution in [3.8, 4) is 0 Å². The quantitative estimate of drug-likeness (QED) is 0.806. The molecule has 0 unspecified atom stereocenters. The highest BCUT2D eigenvalue weighted by Gasteiger charge is 2.23. The van der Waals surface area contributed by atoms with Crippen molar-refractivity contribution in [2.75, 3.05) is 0 Å². The van der Waals surface area contributed by atoms with Gasteiger partial charge in [0.2, 0.25) is 0 Å². The van der Waals surface area contributed by atoms with E-state index in [0.717, 1.165) is 12.8 Å². The summed E-state index contributed by atoms with van der Waals surface area (Å²) in [5, 5.41) is 0.0977. The van der Waals surface area contributed by atoms with Crippen LogP contribution in [-0.4, -0.2) is 13.0 Å². The van der Waals surface area contributed by atoms with Gasteiger partial charge in [-0.15, -0.1) is 0 Å². The van der Waals surface area contributed by atoms with E-state index in [4.69, 9.17) is 10.7 Å². The number of rotatable bonds is 3. The first kappa shape index (κ1) is 13.9. The van der Waals surface area contributed by atoms with Gasteiger partial charge in [-0.05, 0) is 30.9 Å². The molecule has 0 bridgehead atoms. The molecule has 0 radical (unpaired) electrons. The molecule has 6 heteroatoms. The van der Waals surface area contributed by atoms with Crippen molar-refractivity contribution in [1.29, 1.82) is 0 Å². The Labute approximate surface area is 121 Å². The molecule has 1 saturated carbocycles. The van der Waals surface area contributed by atoms with E-state index in [2.05, 4.69) is 0 Å². The molecule has 1 heterocycles. The number of benzene rings is 1. The Hall–Kier alpha value is -1.07. The predicted octanol–water partition coefficient (Wildman–Crippen LogP) is 3.90. The molecule has 108 valence electrons. The first-order valence-electron chi connectivity index (χ1n) is 6.69. The topological polar surface area (TPSA) is 39.1 Å². The average Bonchev–Trinajstić information content (AvgIpc) is 2.98. The molecule has 1 aliphatic rings. The van der Waals surface area contributed by atoms with Crippen molar-refractivity contribution < 1.29 is 12.8 Å². The van der Waals surface area contributed by atoms with E-state index >= 15 is 0 Å². The third-order valence-corrected chi connectivity index (χ3v) is 5.35. The number of aromatic nitrogens is 1. The van der Waals surface area contributed by atoms with Crippen LogP contribution in [0.3, 0.4) is 0 Å². The normalized spacial score (nSPS) is 17.1. The zero-order valence-electron chi connectivity index (χ0n) is 10.9. The fourth-order valence-electron chi connectivity index (χ4n) is 3.08. The smallest absolute Gasteiger partial charge is 0.263 e. The SMILES string of the molecule is O=S(=O)(Cl)c1cn(CC2CCCC2)c2cccc(F)c12. The Morgan fingerprint density at radius 3 is 2.65 bits per heavy atom. The van der Waals surface area contributed by atoms with Crippen LogP contribution < -0.4 is 0 Å². The molecule has 1 aliphatic carbocycles. The molecule has 0 saturated heterocycles. The van der Waals surface area contributed by atoms with Crippen LogP contribution in [0.5, 0.6) is 0 Å². The molecule has 1 fully saturated rings. The van der Waals surface area contributed by atoms with Gasteiger partial charge >= 0.3 is 0 Å². The Morgan fingerprint density at radius 2 is 2.00 bits per heavy atom. The zero-order chi connectivity index (χ0) is 14.3. The molecule has 1 aromatic carbocycles. The van der Waals surface area contributed by atoms with Gasteiger partial charge in [-0.25, -0.2) is 12.8 Å². The molecule has 3 nitrogen and oxygen atoms in total. The molecule has 0 atom stereocenters. The highest BCUT2D eigenvalue weighted by atomic mass is 35.7. The maximum atomic E-state index is 14.0. The third kappa shape index (κ3) is 2.44. The minimum Gasteiger partial charge on any atom is -0.346 e. The van der Waals surface area contributed by atoms with E-state index in [-0.39, 0.29) is 10.3 Å². The molecule has 0 aliphatic heterocycles. The lowest BCUT2D eigenvalue weighted by Gasteiger charge is -2.11. The lowest BCUT2D eigenvalue weighted by molar-refractivity contribution is 0.464. The standard InChI is InChI=1S/C14H15ClFNO2S/c15-20(18,19)13-9-17(8-10-4-1-2-5-10)12-7-3-6-11(16)14(12)13/h3,6-7,9-10H,1-2,4-5,8H2. The minimum absolute atomic E-state index is 0.0977. The van der Waals surface area contributed by atoms with Gasteiger partial charge in [-0.1, -0.05) is 18.9 Å². The van der Waals surface area contributed by atoms with E-state index in [9.17, 15) is 12.8 Å². The molecule has 0 amide bonds. The largest absolute Gasteiger partial charge is 0.346 e. The van der Waals surface area contributed by atoms with Gasteiger partial charge in [-0.2, -0.15) is 0 Å². The summed E-state index contributed by atoms with van der Waals surface area (Å²) in [5.74, 6) is -0.0216. The van der Waals surface area contributed by atoms with Gasteiger partial charge < -0.3 is 4.57 Å². The second-order valence-corrected chi connectivity index (χ2v) is 7.90. The summed E-state index contributed by atoms with van der Waals surface area (Å²) >= 11 is 0. The molecule has 2 aromatic rings. The number of hydrogen-bond donors (Lipinski definition) is 0. The fraction of sp³-hybridized carbons (Fsp3) is 0.429. The van der Waals surface area contributed by atoms with Gasteiger partial charge in [-0.3, -0.25) is 0 Å². The molecule has 3 rings (SSSR count). The van der Waals surface area contributed by atoms with Crippen LogP contribution in [0.4, 0.5) is 4.39 Å². The lowest BCUT2D eigenvalue weighted by Crippen LogP contribution is -2.06. The average molecular weight is 316 g/mol. The maximum Gasteiger partial charge on any atom is 0.263 e. The molecular weight excluding hydrogens is 301 g/mol. The van der Waals surface area contributed by atoms with Gasteiger partial charge in [0, 0.05) is 23.4 Å². The van der Waals surface area contributed by atoms with Crippen molar-refractivity contribution in [3.63, 3.8) is 0 Å². The molecule has 0 N–H and O–H groups in total. The first-order chi connectivity index (χ1) is 9.47. The summed E-state index contributed by atoms with van der Waals surface area (Å²) < 4.78 is 39.1. The highest BCUT2D eigenvalue weighted by Crippen LogP contribution is 2.33. The van der Waals surface area contributed by atoms with E-state index in [1.807, 2.05) is 4.57 Å². The molecule has 1 aromatic heterocycles. The van der Waals surface area contributed by atoms with Crippen LogP contribution in [0, 0.1) is 11.7 Å². The third-order valence-electron chi connectivity index (χ3n) is 4.01. The van der Waals surface area contributed by atoms with E-state index in [1.165, 1.54) is 25.1 Å². The van der Waals surface area contributed by atoms with E-state index in [1.54, 1.807) is 12.1 Å². The van der Waals surface area contributed by atoms with Gasteiger partial charge in [0.05, 0.1) is 10.9 Å². The molecular formula is C14H15ClFNO2S. The summed E-state index contributed by atoms with van der Waals surface area (Å²) in [6, 6.07) is 4.58. The number of fused-ring (bicyclic) bond motifs is 1. The number of nitrogens with zero attached hydrogens (tertiary/aromatic N) is 1. The monoisotopic (exact) mass is 315 g/mol. The van der Waals surface area contributed by atoms with Crippen molar-refractivity contribution in [2.24, 2.45) is 5.92 Å². The minimum atomic E-state index is -3.95. The summed E-state index contributed by atoms with van der Waals surface area (Å²) in [5.41, 5.74) is 0.594. The van der Waals surface area contributed by atoms with Crippen LogP contribution in [0.15, 0.2) is 29.3 Å². The molecule has 20 heavy (non-hydrogen) atoms. The maximum absolute atomic E-state index is 14.0. The van der Waals surface area contributed by atoms with Crippen LogP contribution in [0.2, 0.25) is 0 Å². The van der Waals surface area contributed by atoms with Gasteiger partial charge in [0.1, 0.15) is 10.7 Å². The van der Waals surface area contributed by atoms with Gasteiger partial charge in [0.15, 0.2) is 0 Å². The lowest BCUT2D eigenvalue weighted by atomic mass is 10.1. The van der Waals surface area contributed by atoms with Crippen molar-refractivity contribution in [2.45, 2.75) is 37.1 Å². The highest BCUT2D eigenvalue weighted by molar-refractivity contribution is 8.14. The Bertz CT molecular complexity index is 748. The summed E-state index contributed by atoms with van der Waals surface area (Å²) in [6.07, 6.45) is 6.15. The van der Waals surface area contributed by atoms with Crippen molar-refractivity contribution >= 4 is 30.6 Å². The second kappa shape index (κ2) is 5.04. The van der Waals surface area contributed by atoms with Gasteiger partial charge in [0.25, 0.3) is 9.05 Å². The second-order valence-electron chi connectivity index (χ2n) is 5.37.